The molecule has 2 atom stereocenters. The van der Waals surface area contributed by atoms with Crippen molar-refractivity contribution in [1.82, 2.24) is 15.1 Å². The second-order valence-electron chi connectivity index (χ2n) is 9.37. The molecule has 1 amide bonds. The van der Waals surface area contributed by atoms with Gasteiger partial charge in [-0.25, -0.2) is 4.39 Å². The van der Waals surface area contributed by atoms with Crippen LogP contribution in [0.4, 0.5) is 10.1 Å². The first-order valence-electron chi connectivity index (χ1n) is 10.7. The van der Waals surface area contributed by atoms with Gasteiger partial charge in [0.15, 0.2) is 5.82 Å². The van der Waals surface area contributed by atoms with Crippen LogP contribution in [-0.2, 0) is 4.79 Å². The lowest BCUT2D eigenvalue weighted by molar-refractivity contribution is -0.124. The van der Waals surface area contributed by atoms with Gasteiger partial charge in [0.25, 0.3) is 0 Å². The number of benzene rings is 1. The van der Waals surface area contributed by atoms with Crippen LogP contribution in [0.25, 0.3) is 0 Å². The van der Waals surface area contributed by atoms with E-state index in [9.17, 15) is 9.18 Å². The number of rotatable bonds is 5. The predicted molar refractivity (Wildman–Crippen MR) is 121 cm³/mol. The summed E-state index contributed by atoms with van der Waals surface area (Å²) in [5.41, 5.74) is 1.82. The minimum Gasteiger partial charge on any atom is -0.374 e. The molecule has 0 aliphatic carbocycles. The molecule has 2 unspecified atom stereocenters. The topological polar surface area (TPSA) is 38.8 Å². The van der Waals surface area contributed by atoms with Crippen LogP contribution < -0.4 is 10.2 Å². The molecule has 0 bridgehead atoms. The number of allylic oxidation sites excluding steroid dienone is 1. The Hall–Kier alpha value is -1.79. The van der Waals surface area contributed by atoms with E-state index < -0.39 is 0 Å². The van der Waals surface area contributed by atoms with E-state index in [4.69, 9.17) is 11.6 Å². The van der Waals surface area contributed by atoms with Crippen molar-refractivity contribution >= 4 is 23.2 Å². The van der Waals surface area contributed by atoms with Crippen LogP contribution >= 0.6 is 11.6 Å². The highest BCUT2D eigenvalue weighted by molar-refractivity contribution is 6.31. The van der Waals surface area contributed by atoms with Crippen molar-refractivity contribution in [3.8, 4) is 0 Å². The van der Waals surface area contributed by atoms with Crippen molar-refractivity contribution in [3.05, 3.63) is 40.8 Å². The summed E-state index contributed by atoms with van der Waals surface area (Å²) in [6.45, 7) is 13.2. The lowest BCUT2D eigenvalue weighted by Gasteiger charge is -2.36. The lowest BCUT2D eigenvalue weighted by atomic mass is 9.91. The normalized spacial score (nSPS) is 23.0. The number of hydrogen-bond acceptors (Lipinski definition) is 4. The van der Waals surface area contributed by atoms with Crippen LogP contribution in [0.3, 0.4) is 0 Å². The van der Waals surface area contributed by atoms with E-state index in [1.54, 1.807) is 18.2 Å². The highest BCUT2D eigenvalue weighted by Gasteiger charge is 2.37. The van der Waals surface area contributed by atoms with Crippen LogP contribution in [0.2, 0.25) is 5.02 Å². The zero-order valence-electron chi connectivity index (χ0n) is 18.7. The maximum Gasteiger partial charge on any atom is 0.229 e. The molecule has 2 heterocycles. The summed E-state index contributed by atoms with van der Waals surface area (Å²) in [7, 11) is 2.07. The van der Waals surface area contributed by atoms with Crippen LogP contribution in [-0.4, -0.2) is 68.1 Å². The maximum absolute atomic E-state index is 14.2. The number of anilines is 1. The summed E-state index contributed by atoms with van der Waals surface area (Å²) in [5.74, 6) is -0.377. The van der Waals surface area contributed by atoms with Gasteiger partial charge in [-0.2, -0.15) is 0 Å². The number of carbonyl (C=O) groups is 1. The Morgan fingerprint density at radius 1 is 1.23 bits per heavy atom. The highest BCUT2D eigenvalue weighted by Crippen LogP contribution is 2.36. The first kappa shape index (κ1) is 22.9. The molecule has 1 fully saturated rings. The molecule has 1 N–H and O–H groups in total. The summed E-state index contributed by atoms with van der Waals surface area (Å²) < 4.78 is 14.2. The van der Waals surface area contributed by atoms with Gasteiger partial charge in [0.1, 0.15) is 0 Å². The molecule has 0 spiro atoms. The molecule has 1 aromatic carbocycles. The molecule has 5 nitrogen and oxygen atoms in total. The molecule has 3 rings (SSSR count). The van der Waals surface area contributed by atoms with Crippen LogP contribution in [0.5, 0.6) is 0 Å². The third kappa shape index (κ3) is 4.92. The molecule has 30 heavy (non-hydrogen) atoms. The van der Waals surface area contributed by atoms with Gasteiger partial charge >= 0.3 is 0 Å². The number of halogens is 2. The summed E-state index contributed by atoms with van der Waals surface area (Å²) in [6.07, 6.45) is 2.12. The summed E-state index contributed by atoms with van der Waals surface area (Å²) >= 11 is 5.91. The van der Waals surface area contributed by atoms with E-state index in [1.165, 1.54) is 5.70 Å². The van der Waals surface area contributed by atoms with Crippen molar-refractivity contribution in [1.29, 1.82) is 0 Å². The molecule has 2 aliphatic rings. The van der Waals surface area contributed by atoms with Crippen molar-refractivity contribution in [3.63, 3.8) is 0 Å². The molecule has 2 aliphatic heterocycles. The first-order chi connectivity index (χ1) is 14.1. The average molecular weight is 437 g/mol. The Morgan fingerprint density at radius 2 is 1.90 bits per heavy atom. The summed E-state index contributed by atoms with van der Waals surface area (Å²) in [5, 5.41) is 3.27. The molecule has 0 aromatic heterocycles. The van der Waals surface area contributed by atoms with E-state index in [-0.39, 0.29) is 34.1 Å². The smallest absolute Gasteiger partial charge is 0.229 e. The fourth-order valence-electron chi connectivity index (χ4n) is 4.37. The molecule has 0 radical (unpaired) electrons. The fraction of sp³-hybridized carbons (Fsp3) is 0.609. The van der Waals surface area contributed by atoms with Gasteiger partial charge in [0.2, 0.25) is 5.91 Å². The molecule has 1 saturated heterocycles. The Labute approximate surface area is 184 Å². The monoisotopic (exact) mass is 436 g/mol. The second-order valence-corrected chi connectivity index (χ2v) is 9.78. The van der Waals surface area contributed by atoms with Crippen molar-refractivity contribution in [2.45, 2.75) is 33.7 Å². The van der Waals surface area contributed by atoms with E-state index in [2.05, 4.69) is 55.9 Å². The molecule has 0 saturated carbocycles. The SMILES string of the molecule is CC1C(C(=O)NCCN2CCN(c3cccc(Cl)c3F)CC2)C=C(C(C)(C)C)N1C. The average Bonchev–Trinajstić information content (AvgIpc) is 3.00. The van der Waals surface area contributed by atoms with Gasteiger partial charge in [-0.05, 0) is 19.1 Å². The Bertz CT molecular complexity index is 799. The van der Waals surface area contributed by atoms with E-state index in [1.807, 2.05) is 4.90 Å². The number of nitrogens with zero attached hydrogens (tertiary/aromatic N) is 3. The largest absolute Gasteiger partial charge is 0.374 e. The quantitative estimate of drug-likeness (QED) is 0.765. The van der Waals surface area contributed by atoms with Gasteiger partial charge in [0.05, 0.1) is 16.6 Å². The van der Waals surface area contributed by atoms with Crippen LogP contribution in [0.15, 0.2) is 30.0 Å². The molecule has 166 valence electrons. The van der Waals surface area contributed by atoms with E-state index in [0.717, 1.165) is 32.7 Å². The van der Waals surface area contributed by atoms with Gasteiger partial charge in [-0.15, -0.1) is 0 Å². The number of hydrogen-bond donors (Lipinski definition) is 1. The van der Waals surface area contributed by atoms with Crippen LogP contribution in [0.1, 0.15) is 27.7 Å². The summed E-state index contributed by atoms with van der Waals surface area (Å²) in [4.78, 5) is 19.3. The zero-order valence-corrected chi connectivity index (χ0v) is 19.5. The minimum atomic E-state index is -0.349. The van der Waals surface area contributed by atoms with E-state index in [0.29, 0.717) is 12.2 Å². The third-order valence-corrected chi connectivity index (χ3v) is 6.58. The van der Waals surface area contributed by atoms with Gasteiger partial charge < -0.3 is 15.1 Å². The highest BCUT2D eigenvalue weighted by atomic mass is 35.5. The lowest BCUT2D eigenvalue weighted by Crippen LogP contribution is -2.49. The van der Waals surface area contributed by atoms with Gasteiger partial charge in [-0.3, -0.25) is 9.69 Å². The minimum absolute atomic E-state index is 0.0279. The fourth-order valence-corrected chi connectivity index (χ4v) is 4.53. The van der Waals surface area contributed by atoms with Crippen molar-refractivity contribution in [2.24, 2.45) is 11.3 Å². The Morgan fingerprint density at radius 3 is 2.50 bits per heavy atom. The molecule has 7 heteroatoms. The number of carbonyl (C=O) groups excluding carboxylic acids is 1. The van der Waals surface area contributed by atoms with Gasteiger partial charge in [0, 0.05) is 63.5 Å². The molecule has 1 aromatic rings. The second kappa shape index (κ2) is 9.15. The van der Waals surface area contributed by atoms with Crippen molar-refractivity contribution < 1.29 is 9.18 Å². The summed E-state index contributed by atoms with van der Waals surface area (Å²) in [6, 6.07) is 5.29. The van der Waals surface area contributed by atoms with Gasteiger partial charge in [-0.1, -0.05) is 44.5 Å². The predicted octanol–water partition coefficient (Wildman–Crippen LogP) is 3.60. The Kier molecular flexibility index (Phi) is 6.98. The molecular formula is C23H34ClFN4O. The van der Waals surface area contributed by atoms with E-state index >= 15 is 0 Å². The first-order valence-corrected chi connectivity index (χ1v) is 11.1. The number of nitrogens with one attached hydrogen (secondary N) is 1. The van der Waals surface area contributed by atoms with Crippen molar-refractivity contribution in [2.75, 3.05) is 51.2 Å². The number of amides is 1. The standard InChI is InChI=1S/C23H34ClFN4O/c1-16-17(15-20(27(16)5)23(2,3)4)22(30)26-9-10-28-11-13-29(14-12-28)19-8-6-7-18(24)21(19)25/h6-8,15-17H,9-14H2,1-5H3,(H,26,30). The van der Waals surface area contributed by atoms with Crippen LogP contribution in [0, 0.1) is 17.2 Å². The zero-order chi connectivity index (χ0) is 22.1. The Balaban J connectivity index is 1.46. The maximum atomic E-state index is 14.2. The number of piperazine rings is 1. The molecular weight excluding hydrogens is 403 g/mol. The third-order valence-electron chi connectivity index (χ3n) is 6.29.